The summed E-state index contributed by atoms with van der Waals surface area (Å²) in [5, 5.41) is 13.5. The first-order valence-corrected chi connectivity index (χ1v) is 10.4. The Balaban J connectivity index is 1.36. The summed E-state index contributed by atoms with van der Waals surface area (Å²) in [4.78, 5) is 31.6. The van der Waals surface area contributed by atoms with Crippen molar-refractivity contribution in [2.45, 2.75) is 32.5 Å². The molecule has 9 nitrogen and oxygen atoms in total. The molecule has 0 unspecified atom stereocenters. The highest BCUT2D eigenvalue weighted by atomic mass is 79.9. The summed E-state index contributed by atoms with van der Waals surface area (Å²) in [6.45, 7) is 3.99. The third-order valence-electron chi connectivity index (χ3n) is 5.47. The summed E-state index contributed by atoms with van der Waals surface area (Å²) in [6, 6.07) is 11.3. The van der Waals surface area contributed by atoms with Crippen LogP contribution in [0.15, 0.2) is 61.8 Å². The van der Waals surface area contributed by atoms with Gasteiger partial charge in [-0.15, -0.1) is 0 Å². The number of amides is 2. The van der Waals surface area contributed by atoms with Crippen LogP contribution in [0.4, 0.5) is 5.69 Å². The second kappa shape index (κ2) is 7.38. The number of imide groups is 1. The maximum Gasteiger partial charge on any atom is 0.263 e. The molecule has 31 heavy (non-hydrogen) atoms. The molecule has 10 heteroatoms. The van der Waals surface area contributed by atoms with E-state index in [1.807, 2.05) is 50.2 Å². The average Bonchev–Trinajstić information content (AvgIpc) is 3.44. The standard InChI is InChI=1S/C21H17BrN6O3/c1-11-3-8-15(9-12(11)2)28-20(29)17-18(21(28)30)27(26-24-17)10-16-23-19(25-31-16)13-4-6-14(22)7-5-13/h3-9,17-18H,10H2,1-2H3/t17-,18-/m1/s1. The number of hydrogen-bond donors (Lipinski definition) is 0. The topological polar surface area (TPSA) is 104 Å². The maximum absolute atomic E-state index is 13.1. The first-order chi connectivity index (χ1) is 14.9. The van der Waals surface area contributed by atoms with E-state index in [0.717, 1.165) is 21.2 Å². The Bertz CT molecular complexity index is 1220. The Morgan fingerprint density at radius 1 is 1.03 bits per heavy atom. The molecule has 1 fully saturated rings. The van der Waals surface area contributed by atoms with Gasteiger partial charge in [-0.05, 0) is 61.4 Å². The van der Waals surface area contributed by atoms with Gasteiger partial charge in [-0.1, -0.05) is 32.4 Å². The third-order valence-corrected chi connectivity index (χ3v) is 6.00. The third kappa shape index (κ3) is 3.32. The lowest BCUT2D eigenvalue weighted by Crippen LogP contribution is -2.39. The van der Waals surface area contributed by atoms with Crippen LogP contribution in [0, 0.1) is 13.8 Å². The highest BCUT2D eigenvalue weighted by Gasteiger charge is 2.55. The van der Waals surface area contributed by atoms with E-state index >= 15 is 0 Å². The quantitative estimate of drug-likeness (QED) is 0.528. The molecule has 2 aliphatic heterocycles. The molecule has 156 valence electrons. The fourth-order valence-corrected chi connectivity index (χ4v) is 3.91. The molecule has 0 radical (unpaired) electrons. The van der Waals surface area contributed by atoms with Gasteiger partial charge in [-0.3, -0.25) is 14.6 Å². The number of carbonyl (C=O) groups excluding carboxylic acids is 2. The number of halogens is 1. The van der Waals surface area contributed by atoms with E-state index in [2.05, 4.69) is 36.4 Å². The molecule has 0 saturated carbocycles. The number of fused-ring (bicyclic) bond motifs is 1. The van der Waals surface area contributed by atoms with E-state index in [-0.39, 0.29) is 24.2 Å². The first kappa shape index (κ1) is 19.6. The van der Waals surface area contributed by atoms with Gasteiger partial charge in [0.2, 0.25) is 11.7 Å². The van der Waals surface area contributed by atoms with Gasteiger partial charge in [0.25, 0.3) is 11.8 Å². The van der Waals surface area contributed by atoms with Crippen LogP contribution in [-0.2, 0) is 16.1 Å². The lowest BCUT2D eigenvalue weighted by atomic mass is 10.1. The van der Waals surface area contributed by atoms with Gasteiger partial charge in [0.05, 0.1) is 5.69 Å². The van der Waals surface area contributed by atoms with Gasteiger partial charge in [-0.2, -0.15) is 10.1 Å². The van der Waals surface area contributed by atoms with Crippen LogP contribution in [0.5, 0.6) is 0 Å². The molecule has 3 heterocycles. The lowest BCUT2D eigenvalue weighted by Gasteiger charge is -2.19. The van der Waals surface area contributed by atoms with Crippen molar-refractivity contribution in [2.75, 3.05) is 4.90 Å². The summed E-state index contributed by atoms with van der Waals surface area (Å²) in [5.41, 5.74) is 3.42. The lowest BCUT2D eigenvalue weighted by molar-refractivity contribution is -0.123. The molecule has 5 rings (SSSR count). The van der Waals surface area contributed by atoms with Crippen LogP contribution in [0.3, 0.4) is 0 Å². The molecule has 0 aliphatic carbocycles. The molecule has 2 aliphatic rings. The molecule has 0 spiro atoms. The molecule has 2 atom stereocenters. The van der Waals surface area contributed by atoms with Crippen LogP contribution >= 0.6 is 15.9 Å². The van der Waals surface area contributed by atoms with Gasteiger partial charge in [-0.25, -0.2) is 4.90 Å². The van der Waals surface area contributed by atoms with Crippen LogP contribution in [0.1, 0.15) is 17.0 Å². The molecule has 2 amide bonds. The molecule has 1 aromatic heterocycles. The minimum absolute atomic E-state index is 0.0774. The van der Waals surface area contributed by atoms with Crippen LogP contribution in [0.25, 0.3) is 11.4 Å². The highest BCUT2D eigenvalue weighted by Crippen LogP contribution is 2.33. The monoisotopic (exact) mass is 480 g/mol. The molecular weight excluding hydrogens is 464 g/mol. The summed E-state index contributed by atoms with van der Waals surface area (Å²) < 4.78 is 6.28. The van der Waals surface area contributed by atoms with E-state index in [1.165, 1.54) is 9.91 Å². The highest BCUT2D eigenvalue weighted by molar-refractivity contribution is 9.10. The molecule has 0 N–H and O–H groups in total. The fourth-order valence-electron chi connectivity index (χ4n) is 3.65. The zero-order valence-corrected chi connectivity index (χ0v) is 18.3. The van der Waals surface area contributed by atoms with Gasteiger partial charge in [0.15, 0.2) is 12.1 Å². The van der Waals surface area contributed by atoms with Gasteiger partial charge >= 0.3 is 0 Å². The number of nitrogens with zero attached hydrogens (tertiary/aromatic N) is 6. The number of aromatic nitrogens is 2. The summed E-state index contributed by atoms with van der Waals surface area (Å²) in [6.07, 6.45) is 0. The normalized spacial score (nSPS) is 20.1. The first-order valence-electron chi connectivity index (χ1n) is 9.63. The molecule has 0 bridgehead atoms. The van der Waals surface area contributed by atoms with Crippen molar-refractivity contribution in [1.82, 2.24) is 15.1 Å². The Morgan fingerprint density at radius 3 is 2.55 bits per heavy atom. The zero-order chi connectivity index (χ0) is 21.7. The maximum atomic E-state index is 13.1. The Labute approximate surface area is 185 Å². The van der Waals surface area contributed by atoms with E-state index in [9.17, 15) is 9.59 Å². The number of rotatable bonds is 4. The van der Waals surface area contributed by atoms with E-state index in [0.29, 0.717) is 11.5 Å². The van der Waals surface area contributed by atoms with Crippen molar-refractivity contribution in [3.63, 3.8) is 0 Å². The van der Waals surface area contributed by atoms with E-state index in [4.69, 9.17) is 4.52 Å². The minimum Gasteiger partial charge on any atom is -0.337 e. The number of carbonyl (C=O) groups is 2. The zero-order valence-electron chi connectivity index (χ0n) is 16.7. The molecule has 3 aromatic rings. The SMILES string of the molecule is Cc1ccc(N2C(=O)[C@@H]3N=NN(Cc4nc(-c5ccc(Br)cc5)no4)[C@H]3C2=O)cc1C. The Hall–Kier alpha value is -3.40. The summed E-state index contributed by atoms with van der Waals surface area (Å²) >= 11 is 3.39. The number of benzene rings is 2. The van der Waals surface area contributed by atoms with Gasteiger partial charge in [0, 0.05) is 10.0 Å². The van der Waals surface area contributed by atoms with Crippen molar-refractivity contribution in [3.8, 4) is 11.4 Å². The summed E-state index contributed by atoms with van der Waals surface area (Å²) in [7, 11) is 0. The largest absolute Gasteiger partial charge is 0.337 e. The summed E-state index contributed by atoms with van der Waals surface area (Å²) in [5.74, 6) is -0.0374. The number of aryl methyl sites for hydroxylation is 2. The fraction of sp³-hybridized carbons (Fsp3) is 0.238. The molecular formula is C21H17BrN6O3. The predicted octanol–water partition coefficient (Wildman–Crippen LogP) is 3.61. The predicted molar refractivity (Wildman–Crippen MR) is 114 cm³/mol. The van der Waals surface area contributed by atoms with Gasteiger partial charge < -0.3 is 4.52 Å². The van der Waals surface area contributed by atoms with Crippen LogP contribution < -0.4 is 4.90 Å². The number of hydrogen-bond acceptors (Lipinski definition) is 8. The van der Waals surface area contributed by atoms with Crippen molar-refractivity contribution in [2.24, 2.45) is 10.3 Å². The van der Waals surface area contributed by atoms with Crippen LogP contribution in [-0.4, -0.2) is 39.0 Å². The van der Waals surface area contributed by atoms with Gasteiger partial charge in [0.1, 0.15) is 6.54 Å². The Kier molecular flexibility index (Phi) is 4.66. The Morgan fingerprint density at radius 2 is 1.81 bits per heavy atom. The number of anilines is 1. The van der Waals surface area contributed by atoms with Crippen molar-refractivity contribution in [1.29, 1.82) is 0 Å². The van der Waals surface area contributed by atoms with Crippen molar-refractivity contribution in [3.05, 3.63) is 64.0 Å². The van der Waals surface area contributed by atoms with Crippen molar-refractivity contribution < 1.29 is 14.1 Å². The molecule has 1 saturated heterocycles. The second-order valence-electron chi connectivity index (χ2n) is 7.49. The van der Waals surface area contributed by atoms with Crippen LogP contribution in [0.2, 0.25) is 0 Å². The minimum atomic E-state index is -0.872. The van der Waals surface area contributed by atoms with E-state index < -0.39 is 12.1 Å². The van der Waals surface area contributed by atoms with E-state index in [1.54, 1.807) is 6.07 Å². The smallest absolute Gasteiger partial charge is 0.263 e. The average molecular weight is 481 g/mol. The second-order valence-corrected chi connectivity index (χ2v) is 8.41. The van der Waals surface area contributed by atoms with Crippen molar-refractivity contribution >= 4 is 33.4 Å². The molecule has 2 aromatic carbocycles.